The molecule has 1 aliphatic carbocycles. The molecule has 2 saturated heterocycles. The Morgan fingerprint density at radius 3 is 2.33 bits per heavy atom. The van der Waals surface area contributed by atoms with E-state index < -0.39 is 11.9 Å². The highest BCUT2D eigenvalue weighted by atomic mass is 16.6. The predicted octanol–water partition coefficient (Wildman–Crippen LogP) is 3.66. The summed E-state index contributed by atoms with van der Waals surface area (Å²) in [5.41, 5.74) is 1.34. The average Bonchev–Trinajstić information content (AvgIpc) is 3.31. The van der Waals surface area contributed by atoms with Crippen molar-refractivity contribution in [3.05, 3.63) is 23.8 Å². The Morgan fingerprint density at radius 2 is 1.79 bits per heavy atom. The molecule has 3 aliphatic rings. The molecule has 0 amide bonds. The maximum atomic E-state index is 12.7. The molecule has 0 aromatic rings. The van der Waals surface area contributed by atoms with Gasteiger partial charge in [0, 0.05) is 24.6 Å². The number of nitrogens with zero attached hydrogens (tertiary/aromatic N) is 1. The van der Waals surface area contributed by atoms with Crippen LogP contribution in [0.3, 0.4) is 0 Å². The van der Waals surface area contributed by atoms with Crippen molar-refractivity contribution in [1.82, 2.24) is 4.90 Å². The molecule has 0 radical (unpaired) electrons. The van der Waals surface area contributed by atoms with Crippen molar-refractivity contribution in [2.45, 2.75) is 84.0 Å². The number of carbonyl (C=O) groups is 3. The molecule has 0 unspecified atom stereocenters. The van der Waals surface area contributed by atoms with E-state index in [9.17, 15) is 14.4 Å². The van der Waals surface area contributed by atoms with E-state index in [1.807, 2.05) is 0 Å². The van der Waals surface area contributed by atoms with Gasteiger partial charge in [-0.25, -0.2) is 9.59 Å². The number of esters is 1. The molecule has 186 valence electrons. The highest BCUT2D eigenvalue weighted by Gasteiger charge is 2.62. The van der Waals surface area contributed by atoms with Crippen LogP contribution >= 0.6 is 0 Å². The van der Waals surface area contributed by atoms with E-state index in [1.165, 1.54) is 5.57 Å². The Labute approximate surface area is 196 Å². The summed E-state index contributed by atoms with van der Waals surface area (Å²) in [5.74, 6) is -2.22. The maximum Gasteiger partial charge on any atom is 0.328 e. The van der Waals surface area contributed by atoms with Gasteiger partial charge in [0.05, 0.1) is 11.5 Å². The smallest absolute Gasteiger partial charge is 0.328 e. The van der Waals surface area contributed by atoms with Crippen molar-refractivity contribution in [1.29, 1.82) is 0 Å². The Balaban J connectivity index is 0.000000414. The molecular weight excluding hydrogens is 426 g/mol. The first-order valence-electron chi connectivity index (χ1n) is 12.0. The van der Waals surface area contributed by atoms with Gasteiger partial charge in [-0.1, -0.05) is 25.5 Å². The summed E-state index contributed by atoms with van der Waals surface area (Å²) in [6.45, 7) is 11.8. The molecule has 0 bridgehead atoms. The lowest BCUT2D eigenvalue weighted by atomic mass is 9.80. The second kappa shape index (κ2) is 12.3. The normalized spacial score (nSPS) is 32.6. The van der Waals surface area contributed by atoms with Crippen LogP contribution in [0.5, 0.6) is 0 Å². The van der Waals surface area contributed by atoms with Crippen LogP contribution in [0, 0.1) is 11.8 Å². The number of carboxylic acids is 2. The number of hydrogen-bond acceptors (Lipinski definition) is 6. The third-order valence-electron chi connectivity index (χ3n) is 6.64. The van der Waals surface area contributed by atoms with E-state index >= 15 is 0 Å². The second-order valence-corrected chi connectivity index (χ2v) is 9.46. The first kappa shape index (κ1) is 27.1. The van der Waals surface area contributed by atoms with Crippen molar-refractivity contribution in [2.75, 3.05) is 19.6 Å². The SMILES string of the molecule is CCCN(CCC)C[C@@H]1C(=O)O[C@H]2[C@H]1CC/C(C)=C\CC[C@@]1(C)O[C@@H]21.O=C(O)/C=C/C(=O)O. The summed E-state index contributed by atoms with van der Waals surface area (Å²) in [4.78, 5) is 34.3. The third-order valence-corrected chi connectivity index (χ3v) is 6.64. The number of hydrogen-bond donors (Lipinski definition) is 2. The van der Waals surface area contributed by atoms with E-state index in [0.29, 0.717) is 12.2 Å². The molecule has 8 heteroatoms. The molecule has 0 aromatic heterocycles. The lowest BCUT2D eigenvalue weighted by Gasteiger charge is -2.27. The zero-order chi connectivity index (χ0) is 24.6. The lowest BCUT2D eigenvalue weighted by Crippen LogP contribution is -2.37. The first-order chi connectivity index (χ1) is 15.6. The Hall–Kier alpha value is -2.19. The maximum absolute atomic E-state index is 12.7. The number of fused-ring (bicyclic) bond motifs is 3. The van der Waals surface area contributed by atoms with Gasteiger partial charge in [0.2, 0.25) is 0 Å². The van der Waals surface area contributed by atoms with Gasteiger partial charge in [0.1, 0.15) is 12.2 Å². The lowest BCUT2D eigenvalue weighted by molar-refractivity contribution is -0.145. The van der Waals surface area contributed by atoms with Crippen LogP contribution in [-0.2, 0) is 23.9 Å². The molecule has 33 heavy (non-hydrogen) atoms. The van der Waals surface area contributed by atoms with Crippen LogP contribution in [0.25, 0.3) is 0 Å². The standard InChI is InChI=1S/C21H35NO3.C4H4O4/c1-5-12-22(13-6-2)14-17-16-10-9-15(3)8-7-11-21(4)19(25-21)18(16)24-20(17)23;5-3(6)1-2-4(7)8/h8,16-19H,5-7,9-14H2,1-4H3;1-2H,(H,5,6)(H,7,8)/b15-8-;2-1+/t16-,17-,18-,19-,21+;/m0./s1. The summed E-state index contributed by atoms with van der Waals surface area (Å²) in [6, 6.07) is 0. The minimum absolute atomic E-state index is 0.00350. The summed E-state index contributed by atoms with van der Waals surface area (Å²) in [6.07, 6.45) is 9.98. The minimum Gasteiger partial charge on any atom is -0.478 e. The van der Waals surface area contributed by atoms with Crippen molar-refractivity contribution < 1.29 is 34.1 Å². The van der Waals surface area contributed by atoms with Gasteiger partial charge in [-0.3, -0.25) is 4.79 Å². The van der Waals surface area contributed by atoms with Crippen LogP contribution in [-0.4, -0.2) is 70.5 Å². The number of rotatable bonds is 8. The van der Waals surface area contributed by atoms with Crippen LogP contribution in [0.4, 0.5) is 0 Å². The van der Waals surface area contributed by atoms with Gasteiger partial charge < -0.3 is 24.6 Å². The number of carbonyl (C=O) groups excluding carboxylic acids is 1. The highest BCUT2D eigenvalue weighted by Crippen LogP contribution is 2.50. The summed E-state index contributed by atoms with van der Waals surface area (Å²) in [7, 11) is 0. The minimum atomic E-state index is -1.26. The first-order valence-corrected chi connectivity index (χ1v) is 12.0. The average molecular weight is 466 g/mol. The van der Waals surface area contributed by atoms with E-state index in [1.54, 1.807) is 0 Å². The van der Waals surface area contributed by atoms with Crippen molar-refractivity contribution >= 4 is 17.9 Å². The largest absolute Gasteiger partial charge is 0.478 e. The molecule has 0 aromatic carbocycles. The highest BCUT2D eigenvalue weighted by molar-refractivity contribution is 5.89. The molecule has 0 spiro atoms. The summed E-state index contributed by atoms with van der Waals surface area (Å²) in [5, 5.41) is 15.6. The Kier molecular flexibility index (Phi) is 10.1. The molecule has 2 fully saturated rings. The van der Waals surface area contributed by atoms with Crippen LogP contribution in [0.15, 0.2) is 23.8 Å². The summed E-state index contributed by atoms with van der Waals surface area (Å²) < 4.78 is 12.0. The zero-order valence-corrected chi connectivity index (χ0v) is 20.3. The predicted molar refractivity (Wildman–Crippen MR) is 124 cm³/mol. The molecule has 8 nitrogen and oxygen atoms in total. The van der Waals surface area contributed by atoms with E-state index in [-0.39, 0.29) is 35.6 Å². The van der Waals surface area contributed by atoms with Gasteiger partial charge in [-0.05, 0) is 65.5 Å². The van der Waals surface area contributed by atoms with Crippen LogP contribution < -0.4 is 0 Å². The topological polar surface area (TPSA) is 117 Å². The number of allylic oxidation sites excluding steroid dienone is 2. The summed E-state index contributed by atoms with van der Waals surface area (Å²) >= 11 is 0. The fourth-order valence-electron chi connectivity index (χ4n) is 4.90. The molecule has 2 N–H and O–H groups in total. The number of ether oxygens (including phenoxy) is 2. The van der Waals surface area contributed by atoms with E-state index in [2.05, 4.69) is 38.7 Å². The third kappa shape index (κ3) is 7.96. The fraction of sp³-hybridized carbons (Fsp3) is 0.720. The molecular formula is C25H39NO7. The molecule has 3 rings (SSSR count). The second-order valence-electron chi connectivity index (χ2n) is 9.46. The van der Waals surface area contributed by atoms with Gasteiger partial charge in [0.15, 0.2) is 0 Å². The van der Waals surface area contributed by atoms with Crippen molar-refractivity contribution in [3.8, 4) is 0 Å². The fourth-order valence-corrected chi connectivity index (χ4v) is 4.90. The monoisotopic (exact) mass is 465 g/mol. The van der Waals surface area contributed by atoms with Gasteiger partial charge in [-0.15, -0.1) is 0 Å². The molecule has 2 heterocycles. The Morgan fingerprint density at radius 1 is 1.18 bits per heavy atom. The number of epoxide rings is 1. The van der Waals surface area contributed by atoms with Gasteiger partial charge in [0.25, 0.3) is 0 Å². The van der Waals surface area contributed by atoms with E-state index in [4.69, 9.17) is 19.7 Å². The van der Waals surface area contributed by atoms with Crippen LogP contribution in [0.1, 0.15) is 66.2 Å². The zero-order valence-electron chi connectivity index (χ0n) is 20.3. The molecule has 0 saturated carbocycles. The van der Waals surface area contributed by atoms with E-state index in [0.717, 1.165) is 58.2 Å². The van der Waals surface area contributed by atoms with Crippen molar-refractivity contribution in [2.24, 2.45) is 11.8 Å². The van der Waals surface area contributed by atoms with Gasteiger partial charge >= 0.3 is 17.9 Å². The van der Waals surface area contributed by atoms with Crippen molar-refractivity contribution in [3.63, 3.8) is 0 Å². The number of aliphatic carboxylic acids is 2. The number of carboxylic acid groups (broad SMARTS) is 2. The Bertz CT molecular complexity index is 740. The molecule has 5 atom stereocenters. The van der Waals surface area contributed by atoms with Crippen LogP contribution in [0.2, 0.25) is 0 Å². The molecule has 2 aliphatic heterocycles. The quantitative estimate of drug-likeness (QED) is 0.241. The van der Waals surface area contributed by atoms with Gasteiger partial charge in [-0.2, -0.15) is 0 Å².